The van der Waals surface area contributed by atoms with Gasteiger partial charge in [-0.05, 0) is 49.4 Å². The number of nitrogens with one attached hydrogen (secondary N) is 1. The minimum atomic E-state index is -0.0964. The maximum atomic E-state index is 12.9. The summed E-state index contributed by atoms with van der Waals surface area (Å²) in [6.45, 7) is 0.938. The van der Waals surface area contributed by atoms with E-state index in [2.05, 4.69) is 21.3 Å². The molecular weight excluding hydrogens is 354 g/mol. The van der Waals surface area contributed by atoms with Gasteiger partial charge in [0.05, 0.1) is 19.8 Å². The summed E-state index contributed by atoms with van der Waals surface area (Å²) >= 11 is 0. The van der Waals surface area contributed by atoms with Crippen molar-refractivity contribution in [2.24, 2.45) is 0 Å². The largest absolute Gasteiger partial charge is 0.493 e. The van der Waals surface area contributed by atoms with Crippen molar-refractivity contribution in [2.45, 2.75) is 50.4 Å². The summed E-state index contributed by atoms with van der Waals surface area (Å²) in [7, 11) is 3.14. The van der Waals surface area contributed by atoms with Gasteiger partial charge < -0.3 is 14.8 Å². The summed E-state index contributed by atoms with van der Waals surface area (Å²) in [6.07, 6.45) is 8.11. The van der Waals surface area contributed by atoms with Gasteiger partial charge in [0.15, 0.2) is 11.5 Å². The number of benzene rings is 1. The van der Waals surface area contributed by atoms with E-state index in [0.717, 1.165) is 19.4 Å². The third-order valence-electron chi connectivity index (χ3n) is 5.96. The second-order valence-electron chi connectivity index (χ2n) is 7.60. The van der Waals surface area contributed by atoms with Crippen LogP contribution in [0.2, 0.25) is 0 Å². The van der Waals surface area contributed by atoms with Crippen molar-refractivity contribution in [1.29, 1.82) is 0 Å². The number of ether oxygens (including phenoxy) is 2. The topological polar surface area (TPSA) is 63.7 Å². The second kappa shape index (κ2) is 8.19. The predicted molar refractivity (Wildman–Crippen MR) is 107 cm³/mol. The standard InChI is InChI=1S/C22H27N3O3/c1-27-20-7-3-6-19(21(20)28-2)22(26)24-16-11-17-8-9-18(12-16)25(17)14-15-5-4-10-23-13-15/h3-7,10,13,16-18H,8-9,11-12,14H2,1-2H3,(H,24,26)/t17-,18-/m1/s1. The Morgan fingerprint density at radius 2 is 1.93 bits per heavy atom. The number of para-hydroxylation sites is 1. The summed E-state index contributed by atoms with van der Waals surface area (Å²) in [5, 5.41) is 3.23. The van der Waals surface area contributed by atoms with E-state index < -0.39 is 0 Å². The van der Waals surface area contributed by atoms with E-state index in [1.807, 2.05) is 24.5 Å². The van der Waals surface area contributed by atoms with Crippen LogP contribution in [0.15, 0.2) is 42.7 Å². The third kappa shape index (κ3) is 3.69. The fourth-order valence-electron chi connectivity index (χ4n) is 4.68. The van der Waals surface area contributed by atoms with E-state index in [9.17, 15) is 4.79 Å². The van der Waals surface area contributed by atoms with Crippen LogP contribution in [-0.2, 0) is 6.54 Å². The Labute approximate surface area is 165 Å². The normalized spacial score (nSPS) is 24.0. The number of methoxy groups -OCH3 is 2. The monoisotopic (exact) mass is 381 g/mol. The minimum absolute atomic E-state index is 0.0964. The lowest BCUT2D eigenvalue weighted by Gasteiger charge is -2.39. The Balaban J connectivity index is 1.42. The van der Waals surface area contributed by atoms with Crippen LogP contribution in [0.25, 0.3) is 0 Å². The SMILES string of the molecule is COc1cccc(C(=O)NC2C[C@H]3CC[C@H](C2)N3Cc2cccnc2)c1OC. The number of pyridine rings is 1. The molecule has 0 saturated carbocycles. The Hall–Kier alpha value is -2.60. The van der Waals surface area contributed by atoms with Crippen LogP contribution >= 0.6 is 0 Å². The van der Waals surface area contributed by atoms with Gasteiger partial charge >= 0.3 is 0 Å². The van der Waals surface area contributed by atoms with Crippen molar-refractivity contribution < 1.29 is 14.3 Å². The molecule has 2 atom stereocenters. The summed E-state index contributed by atoms with van der Waals surface area (Å²) in [5.74, 6) is 0.960. The maximum Gasteiger partial charge on any atom is 0.255 e. The number of piperidine rings is 1. The summed E-state index contributed by atoms with van der Waals surface area (Å²) < 4.78 is 10.7. The molecule has 2 saturated heterocycles. The van der Waals surface area contributed by atoms with Gasteiger partial charge in [0, 0.05) is 37.1 Å². The number of nitrogens with zero attached hydrogens (tertiary/aromatic N) is 2. The lowest BCUT2D eigenvalue weighted by atomic mass is 9.96. The molecule has 3 heterocycles. The van der Waals surface area contributed by atoms with Crippen LogP contribution in [0.3, 0.4) is 0 Å². The molecule has 2 aliphatic heterocycles. The van der Waals surface area contributed by atoms with E-state index in [1.54, 1.807) is 26.4 Å². The van der Waals surface area contributed by atoms with Gasteiger partial charge in [-0.3, -0.25) is 14.7 Å². The van der Waals surface area contributed by atoms with Crippen LogP contribution in [0.5, 0.6) is 11.5 Å². The van der Waals surface area contributed by atoms with E-state index in [-0.39, 0.29) is 11.9 Å². The highest BCUT2D eigenvalue weighted by Crippen LogP contribution is 2.37. The Morgan fingerprint density at radius 3 is 2.57 bits per heavy atom. The molecule has 28 heavy (non-hydrogen) atoms. The van der Waals surface area contributed by atoms with Crippen LogP contribution in [0.1, 0.15) is 41.6 Å². The van der Waals surface area contributed by atoms with E-state index in [1.165, 1.54) is 18.4 Å². The molecule has 2 aromatic rings. The fourth-order valence-corrected chi connectivity index (χ4v) is 4.68. The molecule has 1 aromatic heterocycles. The maximum absolute atomic E-state index is 12.9. The van der Waals surface area contributed by atoms with Gasteiger partial charge in [0.25, 0.3) is 5.91 Å². The van der Waals surface area contributed by atoms with Crippen LogP contribution in [-0.4, -0.2) is 48.1 Å². The van der Waals surface area contributed by atoms with Gasteiger partial charge in [0.1, 0.15) is 0 Å². The smallest absolute Gasteiger partial charge is 0.255 e. The van der Waals surface area contributed by atoms with E-state index in [4.69, 9.17) is 9.47 Å². The molecule has 1 aromatic carbocycles. The number of carbonyl (C=O) groups is 1. The number of fused-ring (bicyclic) bond motifs is 2. The molecule has 148 valence electrons. The molecule has 1 N–H and O–H groups in total. The average molecular weight is 381 g/mol. The number of hydrogen-bond acceptors (Lipinski definition) is 5. The first-order valence-electron chi connectivity index (χ1n) is 9.86. The first kappa shape index (κ1) is 18.7. The first-order valence-corrected chi connectivity index (χ1v) is 9.86. The summed E-state index contributed by atoms with van der Waals surface area (Å²) in [4.78, 5) is 19.7. The number of carbonyl (C=O) groups excluding carboxylic acids is 1. The highest BCUT2D eigenvalue weighted by molar-refractivity contribution is 5.98. The Kier molecular flexibility index (Phi) is 5.48. The van der Waals surface area contributed by atoms with Crippen molar-refractivity contribution >= 4 is 5.91 Å². The zero-order chi connectivity index (χ0) is 19.5. The van der Waals surface area contributed by atoms with Crippen molar-refractivity contribution in [3.8, 4) is 11.5 Å². The van der Waals surface area contributed by atoms with Gasteiger partial charge in [-0.25, -0.2) is 0 Å². The quantitative estimate of drug-likeness (QED) is 0.833. The van der Waals surface area contributed by atoms with Crippen molar-refractivity contribution in [3.63, 3.8) is 0 Å². The first-order chi connectivity index (χ1) is 13.7. The Morgan fingerprint density at radius 1 is 1.14 bits per heavy atom. The number of hydrogen-bond donors (Lipinski definition) is 1. The molecule has 2 bridgehead atoms. The average Bonchev–Trinajstić information content (AvgIpc) is 2.96. The van der Waals surface area contributed by atoms with Crippen molar-refractivity contribution in [3.05, 3.63) is 53.9 Å². The molecule has 1 amide bonds. The molecule has 2 fully saturated rings. The van der Waals surface area contributed by atoms with Gasteiger partial charge in [-0.2, -0.15) is 0 Å². The molecule has 0 radical (unpaired) electrons. The molecule has 2 aliphatic rings. The molecule has 0 aliphatic carbocycles. The number of rotatable bonds is 6. The highest BCUT2D eigenvalue weighted by atomic mass is 16.5. The van der Waals surface area contributed by atoms with E-state index in [0.29, 0.717) is 29.1 Å². The summed E-state index contributed by atoms with van der Waals surface area (Å²) in [6, 6.07) is 10.7. The molecule has 4 rings (SSSR count). The minimum Gasteiger partial charge on any atom is -0.493 e. The van der Waals surface area contributed by atoms with Crippen molar-refractivity contribution in [1.82, 2.24) is 15.2 Å². The number of amides is 1. The second-order valence-corrected chi connectivity index (χ2v) is 7.60. The zero-order valence-electron chi connectivity index (χ0n) is 16.4. The molecule has 0 spiro atoms. The molecule has 6 nitrogen and oxygen atoms in total. The number of aromatic nitrogens is 1. The zero-order valence-corrected chi connectivity index (χ0v) is 16.4. The van der Waals surface area contributed by atoms with Crippen LogP contribution in [0.4, 0.5) is 0 Å². The third-order valence-corrected chi connectivity index (χ3v) is 5.96. The predicted octanol–water partition coefficient (Wildman–Crippen LogP) is 3.02. The van der Waals surface area contributed by atoms with Gasteiger partial charge in [-0.1, -0.05) is 12.1 Å². The molecule has 0 unspecified atom stereocenters. The van der Waals surface area contributed by atoms with Gasteiger partial charge in [0.2, 0.25) is 0 Å². The van der Waals surface area contributed by atoms with Crippen molar-refractivity contribution in [2.75, 3.05) is 14.2 Å². The van der Waals surface area contributed by atoms with Crippen LogP contribution in [0, 0.1) is 0 Å². The molecular formula is C22H27N3O3. The fraction of sp³-hybridized carbons (Fsp3) is 0.455. The lowest BCUT2D eigenvalue weighted by Crippen LogP contribution is -2.50. The lowest BCUT2D eigenvalue weighted by molar-refractivity contribution is 0.0824. The van der Waals surface area contributed by atoms with Gasteiger partial charge in [-0.15, -0.1) is 0 Å². The van der Waals surface area contributed by atoms with E-state index >= 15 is 0 Å². The Bertz CT molecular complexity index is 813. The van der Waals surface area contributed by atoms with Crippen LogP contribution < -0.4 is 14.8 Å². The highest BCUT2D eigenvalue weighted by Gasteiger charge is 2.41. The molecule has 6 heteroatoms. The summed E-state index contributed by atoms with van der Waals surface area (Å²) in [5.41, 5.74) is 1.77.